The van der Waals surface area contributed by atoms with Crippen LogP contribution >= 0.6 is 0 Å². The molecule has 1 amide bonds. The summed E-state index contributed by atoms with van der Waals surface area (Å²) in [5.41, 5.74) is 0.659. The van der Waals surface area contributed by atoms with Crippen LogP contribution in [-0.4, -0.2) is 49.1 Å². The number of carbonyl (C=O) groups excluding carboxylic acids is 1. The molecule has 1 saturated heterocycles. The van der Waals surface area contributed by atoms with Gasteiger partial charge in [0.2, 0.25) is 5.91 Å². The summed E-state index contributed by atoms with van der Waals surface area (Å²) in [5.74, 6) is -0.0534. The van der Waals surface area contributed by atoms with Crippen LogP contribution in [-0.2, 0) is 4.79 Å². The van der Waals surface area contributed by atoms with E-state index in [2.05, 4.69) is 15.1 Å². The first-order valence-corrected chi connectivity index (χ1v) is 7.69. The predicted octanol–water partition coefficient (Wildman–Crippen LogP) is 1.61. The third-order valence-electron chi connectivity index (χ3n) is 4.36. The molecule has 5 heteroatoms. The Morgan fingerprint density at radius 3 is 2.52 bits per heavy atom. The van der Waals surface area contributed by atoms with Crippen LogP contribution in [0.3, 0.4) is 0 Å². The lowest BCUT2D eigenvalue weighted by molar-refractivity contribution is -0.126. The molecule has 0 spiro atoms. The molecular formula is C16H22FN3O. The van der Waals surface area contributed by atoms with Crippen LogP contribution in [0.2, 0.25) is 0 Å². The molecule has 0 bridgehead atoms. The smallest absolute Gasteiger partial charge is 0.237 e. The Balaban J connectivity index is 1.54. The second kappa shape index (κ2) is 6.02. The van der Waals surface area contributed by atoms with Gasteiger partial charge in [0.05, 0.1) is 11.7 Å². The van der Waals surface area contributed by atoms with Crippen molar-refractivity contribution in [3.63, 3.8) is 0 Å². The largest absolute Gasteiger partial charge is 0.367 e. The molecule has 1 aliphatic heterocycles. The number of nitrogens with zero attached hydrogens (tertiary/aromatic N) is 2. The summed E-state index contributed by atoms with van der Waals surface area (Å²) in [6.45, 7) is 5.03. The standard InChI is InChI=1S/C16H22FN3O/c1-12(16(21)18-13-6-7-13)19-8-10-20(11-9-19)15-5-3-2-4-14(15)17/h2-5,12-13H,6-11H2,1H3,(H,18,21). The van der Waals surface area contributed by atoms with E-state index in [4.69, 9.17) is 0 Å². The average Bonchev–Trinajstić information content (AvgIpc) is 3.31. The van der Waals surface area contributed by atoms with Crippen molar-refractivity contribution in [2.75, 3.05) is 31.1 Å². The molecule has 1 aromatic rings. The third-order valence-corrected chi connectivity index (χ3v) is 4.36. The first-order valence-electron chi connectivity index (χ1n) is 7.69. The van der Waals surface area contributed by atoms with Crippen molar-refractivity contribution < 1.29 is 9.18 Å². The molecule has 1 aromatic carbocycles. The lowest BCUT2D eigenvalue weighted by Gasteiger charge is -2.38. The van der Waals surface area contributed by atoms with E-state index in [0.29, 0.717) is 11.7 Å². The van der Waals surface area contributed by atoms with E-state index in [1.165, 1.54) is 6.07 Å². The number of piperazine rings is 1. The van der Waals surface area contributed by atoms with Crippen molar-refractivity contribution >= 4 is 11.6 Å². The van der Waals surface area contributed by atoms with Gasteiger partial charge in [0.25, 0.3) is 0 Å². The van der Waals surface area contributed by atoms with Gasteiger partial charge in [-0.2, -0.15) is 0 Å². The Morgan fingerprint density at radius 1 is 1.24 bits per heavy atom. The van der Waals surface area contributed by atoms with Crippen LogP contribution in [0.15, 0.2) is 24.3 Å². The minimum Gasteiger partial charge on any atom is -0.367 e. The first-order chi connectivity index (χ1) is 10.1. The zero-order chi connectivity index (χ0) is 14.8. The summed E-state index contributed by atoms with van der Waals surface area (Å²) in [6.07, 6.45) is 2.22. The predicted molar refractivity (Wildman–Crippen MR) is 80.8 cm³/mol. The normalized spacial score (nSPS) is 21.1. The molecule has 1 atom stereocenters. The highest BCUT2D eigenvalue weighted by atomic mass is 19.1. The Labute approximate surface area is 124 Å². The Morgan fingerprint density at radius 2 is 1.90 bits per heavy atom. The number of rotatable bonds is 4. The quantitative estimate of drug-likeness (QED) is 0.915. The van der Waals surface area contributed by atoms with E-state index in [1.807, 2.05) is 19.1 Å². The Kier molecular flexibility index (Phi) is 4.10. The maximum atomic E-state index is 13.8. The van der Waals surface area contributed by atoms with Crippen LogP contribution < -0.4 is 10.2 Å². The van der Waals surface area contributed by atoms with Crippen LogP contribution in [0, 0.1) is 5.82 Å². The van der Waals surface area contributed by atoms with Crippen molar-refractivity contribution in [1.29, 1.82) is 0 Å². The fourth-order valence-corrected chi connectivity index (χ4v) is 2.77. The number of benzene rings is 1. The van der Waals surface area contributed by atoms with Gasteiger partial charge >= 0.3 is 0 Å². The molecule has 1 N–H and O–H groups in total. The molecule has 2 aliphatic rings. The number of nitrogens with one attached hydrogen (secondary N) is 1. The highest BCUT2D eigenvalue weighted by Crippen LogP contribution is 2.22. The molecule has 114 valence electrons. The molecule has 1 heterocycles. The van der Waals surface area contributed by atoms with Gasteiger partial charge in [-0.3, -0.25) is 9.69 Å². The van der Waals surface area contributed by atoms with E-state index >= 15 is 0 Å². The minimum atomic E-state index is -0.175. The molecule has 3 rings (SSSR count). The first kappa shape index (κ1) is 14.3. The maximum absolute atomic E-state index is 13.8. The van der Waals surface area contributed by atoms with Gasteiger partial charge in [-0.15, -0.1) is 0 Å². The van der Waals surface area contributed by atoms with Gasteiger partial charge in [0.15, 0.2) is 0 Å². The highest BCUT2D eigenvalue weighted by molar-refractivity contribution is 5.81. The van der Waals surface area contributed by atoms with Crippen molar-refractivity contribution in [3.8, 4) is 0 Å². The monoisotopic (exact) mass is 291 g/mol. The third kappa shape index (κ3) is 3.35. The molecule has 1 saturated carbocycles. The SMILES string of the molecule is CC(C(=O)NC1CC1)N1CCN(c2ccccc2F)CC1. The van der Waals surface area contributed by atoms with Gasteiger partial charge in [-0.25, -0.2) is 4.39 Å². The van der Waals surface area contributed by atoms with Gasteiger partial charge < -0.3 is 10.2 Å². The molecule has 21 heavy (non-hydrogen) atoms. The van der Waals surface area contributed by atoms with E-state index in [9.17, 15) is 9.18 Å². The summed E-state index contributed by atoms with van der Waals surface area (Å²) in [6, 6.07) is 7.17. The van der Waals surface area contributed by atoms with Crippen molar-refractivity contribution in [2.24, 2.45) is 0 Å². The van der Waals surface area contributed by atoms with Crippen LogP contribution in [0.5, 0.6) is 0 Å². The van der Waals surface area contributed by atoms with Crippen LogP contribution in [0.1, 0.15) is 19.8 Å². The Hall–Kier alpha value is -1.62. The number of hydrogen-bond donors (Lipinski definition) is 1. The molecular weight excluding hydrogens is 269 g/mol. The second-order valence-corrected chi connectivity index (χ2v) is 5.93. The minimum absolute atomic E-state index is 0.103. The fraction of sp³-hybridized carbons (Fsp3) is 0.562. The van der Waals surface area contributed by atoms with Crippen molar-refractivity contribution in [1.82, 2.24) is 10.2 Å². The average molecular weight is 291 g/mol. The molecule has 4 nitrogen and oxygen atoms in total. The van der Waals surface area contributed by atoms with E-state index in [-0.39, 0.29) is 17.8 Å². The number of anilines is 1. The molecule has 1 unspecified atom stereocenters. The van der Waals surface area contributed by atoms with Gasteiger partial charge in [0, 0.05) is 32.2 Å². The zero-order valence-corrected chi connectivity index (χ0v) is 12.4. The Bertz CT molecular complexity index is 510. The molecule has 1 aliphatic carbocycles. The van der Waals surface area contributed by atoms with E-state index in [0.717, 1.165) is 39.0 Å². The number of carbonyl (C=O) groups is 1. The van der Waals surface area contributed by atoms with Crippen LogP contribution in [0.4, 0.5) is 10.1 Å². The summed E-state index contributed by atoms with van der Waals surface area (Å²) in [4.78, 5) is 16.3. The van der Waals surface area contributed by atoms with E-state index < -0.39 is 0 Å². The summed E-state index contributed by atoms with van der Waals surface area (Å²) < 4.78 is 13.8. The number of amides is 1. The molecule has 2 fully saturated rings. The molecule has 0 aromatic heterocycles. The van der Waals surface area contributed by atoms with Gasteiger partial charge in [-0.1, -0.05) is 12.1 Å². The zero-order valence-electron chi connectivity index (χ0n) is 12.4. The van der Waals surface area contributed by atoms with Crippen molar-refractivity contribution in [2.45, 2.75) is 31.8 Å². The second-order valence-electron chi connectivity index (χ2n) is 5.93. The van der Waals surface area contributed by atoms with Crippen LogP contribution in [0.25, 0.3) is 0 Å². The lowest BCUT2D eigenvalue weighted by atomic mass is 10.2. The number of halogens is 1. The van der Waals surface area contributed by atoms with Gasteiger partial charge in [-0.05, 0) is 31.9 Å². The lowest BCUT2D eigenvalue weighted by Crippen LogP contribution is -2.54. The van der Waals surface area contributed by atoms with Crippen molar-refractivity contribution in [3.05, 3.63) is 30.1 Å². The summed E-state index contributed by atoms with van der Waals surface area (Å²) >= 11 is 0. The fourth-order valence-electron chi connectivity index (χ4n) is 2.77. The molecule has 0 radical (unpaired) electrons. The van der Waals surface area contributed by atoms with E-state index in [1.54, 1.807) is 6.07 Å². The highest BCUT2D eigenvalue weighted by Gasteiger charge is 2.30. The maximum Gasteiger partial charge on any atom is 0.237 e. The summed E-state index contributed by atoms with van der Waals surface area (Å²) in [5, 5.41) is 3.05. The number of para-hydroxylation sites is 1. The topological polar surface area (TPSA) is 35.6 Å². The summed E-state index contributed by atoms with van der Waals surface area (Å²) in [7, 11) is 0. The number of hydrogen-bond acceptors (Lipinski definition) is 3. The van der Waals surface area contributed by atoms with Gasteiger partial charge in [0.1, 0.15) is 5.82 Å².